The van der Waals surface area contributed by atoms with Gasteiger partial charge in [-0.3, -0.25) is 0 Å². The molecule has 0 unspecified atom stereocenters. The Morgan fingerprint density at radius 1 is 1.17 bits per heavy atom. The Labute approximate surface area is 102 Å². The van der Waals surface area contributed by atoms with Crippen LogP contribution in [0.15, 0.2) is 28.7 Å². The van der Waals surface area contributed by atoms with Crippen molar-refractivity contribution in [2.45, 2.75) is 6.92 Å². The Morgan fingerprint density at radius 3 is 2.33 bits per heavy atom. The van der Waals surface area contributed by atoms with Gasteiger partial charge in [0.25, 0.3) is 0 Å². The summed E-state index contributed by atoms with van der Waals surface area (Å²) in [5, 5.41) is 17.7. The van der Waals surface area contributed by atoms with Crippen LogP contribution in [0.3, 0.4) is 0 Å². The lowest BCUT2D eigenvalue weighted by Crippen LogP contribution is -2.05. The van der Waals surface area contributed by atoms with Crippen LogP contribution in [0.4, 0.5) is 0 Å². The van der Waals surface area contributed by atoms with E-state index in [0.29, 0.717) is 5.56 Å². The van der Waals surface area contributed by atoms with Crippen LogP contribution in [-0.4, -0.2) is 27.1 Å². The summed E-state index contributed by atoms with van der Waals surface area (Å²) < 4.78 is 5.01. The fourth-order valence-electron chi connectivity index (χ4n) is 1.54. The van der Waals surface area contributed by atoms with Crippen molar-refractivity contribution in [2.75, 3.05) is 0 Å². The summed E-state index contributed by atoms with van der Waals surface area (Å²) in [4.78, 5) is 25.4. The lowest BCUT2D eigenvalue weighted by Gasteiger charge is -1.98. The van der Waals surface area contributed by atoms with Gasteiger partial charge in [0.1, 0.15) is 0 Å². The maximum atomic E-state index is 10.9. The van der Waals surface area contributed by atoms with E-state index < -0.39 is 23.4 Å². The first-order valence-electron chi connectivity index (χ1n) is 5.04. The summed E-state index contributed by atoms with van der Waals surface area (Å²) >= 11 is 0. The van der Waals surface area contributed by atoms with Crippen LogP contribution in [0, 0.1) is 6.92 Å². The Kier molecular flexibility index (Phi) is 2.85. The topological polar surface area (TPSA) is 101 Å². The highest BCUT2D eigenvalue weighted by Gasteiger charge is 2.25. The average molecular weight is 247 g/mol. The average Bonchev–Trinajstić information content (AvgIpc) is 2.74. The Hall–Kier alpha value is -2.63. The lowest BCUT2D eigenvalue weighted by atomic mass is 10.1. The smallest absolute Gasteiger partial charge is 0.374 e. The molecule has 0 saturated carbocycles. The molecule has 0 atom stereocenters. The van der Waals surface area contributed by atoms with E-state index in [9.17, 15) is 9.59 Å². The van der Waals surface area contributed by atoms with Crippen LogP contribution in [0.25, 0.3) is 11.5 Å². The summed E-state index contributed by atoms with van der Waals surface area (Å²) in [6, 6.07) is 7.00. The number of oxazole rings is 1. The predicted octanol–water partition coefficient (Wildman–Crippen LogP) is 2.05. The van der Waals surface area contributed by atoms with E-state index >= 15 is 0 Å². The number of nitrogens with zero attached hydrogens (tertiary/aromatic N) is 1. The fraction of sp³-hybridized carbons (Fsp3) is 0.0833. The molecule has 6 heteroatoms. The first kappa shape index (κ1) is 11.8. The normalized spacial score (nSPS) is 10.3. The van der Waals surface area contributed by atoms with Gasteiger partial charge in [-0.05, 0) is 18.6 Å². The minimum atomic E-state index is -1.46. The Balaban J connectivity index is 2.61. The number of carboxylic acid groups (broad SMARTS) is 2. The van der Waals surface area contributed by atoms with E-state index in [1.54, 1.807) is 31.2 Å². The van der Waals surface area contributed by atoms with Crippen molar-refractivity contribution in [2.24, 2.45) is 0 Å². The van der Waals surface area contributed by atoms with Gasteiger partial charge in [0.05, 0.1) is 0 Å². The van der Waals surface area contributed by atoms with Crippen LogP contribution >= 0.6 is 0 Å². The quantitative estimate of drug-likeness (QED) is 0.860. The van der Waals surface area contributed by atoms with E-state index in [4.69, 9.17) is 14.6 Å². The molecule has 0 aliphatic rings. The van der Waals surface area contributed by atoms with Gasteiger partial charge in [-0.25, -0.2) is 14.6 Å². The van der Waals surface area contributed by atoms with E-state index in [1.807, 2.05) is 0 Å². The molecular formula is C12H9NO5. The van der Waals surface area contributed by atoms with Crippen LogP contribution in [0.1, 0.15) is 26.6 Å². The predicted molar refractivity (Wildman–Crippen MR) is 60.6 cm³/mol. The summed E-state index contributed by atoms with van der Waals surface area (Å²) in [5.74, 6) is -3.57. The molecule has 0 spiro atoms. The molecule has 0 fully saturated rings. The zero-order chi connectivity index (χ0) is 13.3. The molecule has 1 heterocycles. The first-order valence-corrected chi connectivity index (χ1v) is 5.04. The second-order valence-corrected chi connectivity index (χ2v) is 3.62. The third-order valence-corrected chi connectivity index (χ3v) is 2.40. The summed E-state index contributed by atoms with van der Waals surface area (Å²) in [6.45, 7) is 1.79. The van der Waals surface area contributed by atoms with Crippen molar-refractivity contribution < 1.29 is 24.2 Å². The Morgan fingerprint density at radius 2 is 1.83 bits per heavy atom. The molecule has 0 aliphatic heterocycles. The molecule has 2 N–H and O–H groups in total. The second-order valence-electron chi connectivity index (χ2n) is 3.62. The molecule has 6 nitrogen and oxygen atoms in total. The van der Waals surface area contributed by atoms with Crippen molar-refractivity contribution in [1.82, 2.24) is 4.98 Å². The van der Waals surface area contributed by atoms with E-state index in [2.05, 4.69) is 4.98 Å². The molecule has 2 aromatic rings. The highest BCUT2D eigenvalue weighted by Crippen LogP contribution is 2.25. The van der Waals surface area contributed by atoms with E-state index in [1.165, 1.54) is 0 Å². The summed E-state index contributed by atoms with van der Waals surface area (Å²) in [7, 11) is 0. The highest BCUT2D eigenvalue weighted by atomic mass is 16.4. The number of hydrogen-bond acceptors (Lipinski definition) is 4. The maximum absolute atomic E-state index is 10.9. The standard InChI is InChI=1S/C12H9NO5/c1-6-4-2-3-5-7(6)10-13-8(11(14)15)9(18-10)12(16)17/h2-5H,1H3,(H,14,15)(H,16,17). The zero-order valence-corrected chi connectivity index (χ0v) is 9.38. The molecule has 0 bridgehead atoms. The molecular weight excluding hydrogens is 238 g/mol. The molecule has 2 rings (SSSR count). The molecule has 0 amide bonds. The van der Waals surface area contributed by atoms with Crippen molar-refractivity contribution in [3.05, 3.63) is 41.3 Å². The van der Waals surface area contributed by atoms with Gasteiger partial charge in [-0.2, -0.15) is 0 Å². The van der Waals surface area contributed by atoms with Crippen molar-refractivity contribution in [3.8, 4) is 11.5 Å². The molecule has 0 saturated heterocycles. The molecule has 92 valence electrons. The number of carbonyl (C=O) groups is 2. The van der Waals surface area contributed by atoms with Crippen LogP contribution in [0.5, 0.6) is 0 Å². The first-order chi connectivity index (χ1) is 8.50. The van der Waals surface area contributed by atoms with Gasteiger partial charge in [0, 0.05) is 5.56 Å². The number of carboxylic acids is 2. The minimum absolute atomic E-state index is 0.0112. The second kappa shape index (κ2) is 4.33. The van der Waals surface area contributed by atoms with Gasteiger partial charge < -0.3 is 14.6 Å². The summed E-state index contributed by atoms with van der Waals surface area (Å²) in [6.07, 6.45) is 0. The van der Waals surface area contributed by atoms with Gasteiger partial charge >= 0.3 is 11.9 Å². The molecule has 0 radical (unpaired) electrons. The SMILES string of the molecule is Cc1ccccc1-c1nc(C(=O)O)c(C(=O)O)o1. The third-order valence-electron chi connectivity index (χ3n) is 2.40. The van der Waals surface area contributed by atoms with E-state index in [0.717, 1.165) is 5.56 Å². The largest absolute Gasteiger partial charge is 0.476 e. The van der Waals surface area contributed by atoms with Gasteiger partial charge in [0.15, 0.2) is 0 Å². The number of rotatable bonds is 3. The van der Waals surface area contributed by atoms with Crippen molar-refractivity contribution >= 4 is 11.9 Å². The third kappa shape index (κ3) is 1.95. The van der Waals surface area contributed by atoms with Gasteiger partial charge in [0.2, 0.25) is 17.3 Å². The van der Waals surface area contributed by atoms with Crippen molar-refractivity contribution in [1.29, 1.82) is 0 Å². The van der Waals surface area contributed by atoms with E-state index in [-0.39, 0.29) is 5.89 Å². The van der Waals surface area contributed by atoms with Crippen LogP contribution in [-0.2, 0) is 0 Å². The van der Waals surface area contributed by atoms with Crippen molar-refractivity contribution in [3.63, 3.8) is 0 Å². The number of aromatic carboxylic acids is 2. The number of aryl methyl sites for hydroxylation is 1. The number of hydrogen-bond donors (Lipinski definition) is 2. The zero-order valence-electron chi connectivity index (χ0n) is 9.38. The van der Waals surface area contributed by atoms with Crippen LogP contribution < -0.4 is 0 Å². The fourth-order valence-corrected chi connectivity index (χ4v) is 1.54. The number of benzene rings is 1. The molecule has 18 heavy (non-hydrogen) atoms. The molecule has 1 aromatic heterocycles. The Bertz CT molecular complexity index is 598. The molecule has 1 aromatic carbocycles. The minimum Gasteiger partial charge on any atom is -0.476 e. The molecule has 0 aliphatic carbocycles. The maximum Gasteiger partial charge on any atom is 0.374 e. The number of aromatic nitrogens is 1. The van der Waals surface area contributed by atoms with Crippen LogP contribution in [0.2, 0.25) is 0 Å². The van der Waals surface area contributed by atoms with Gasteiger partial charge in [-0.1, -0.05) is 18.2 Å². The van der Waals surface area contributed by atoms with Gasteiger partial charge in [-0.15, -0.1) is 0 Å². The monoisotopic (exact) mass is 247 g/mol. The summed E-state index contributed by atoms with van der Waals surface area (Å²) in [5.41, 5.74) is 0.779. The highest BCUT2D eigenvalue weighted by molar-refractivity contribution is 5.98. The lowest BCUT2D eigenvalue weighted by molar-refractivity contribution is 0.0624.